The minimum absolute atomic E-state index is 0.0431. The highest BCUT2D eigenvalue weighted by Crippen LogP contribution is 2.29. The summed E-state index contributed by atoms with van der Waals surface area (Å²) in [6, 6.07) is 9.08. The molecule has 0 aliphatic rings. The van der Waals surface area contributed by atoms with Crippen molar-refractivity contribution in [3.8, 4) is 0 Å². The molecule has 4 N–H and O–H groups in total. The lowest BCUT2D eigenvalue weighted by Gasteiger charge is -2.26. The standard InChI is InChI=1S/C26H24Cl2F2N4O4/c1-25(31,13-33-11-9-15-3-5-17(29)21(27)23(15)33)37-19(35)7-8-20(36)38-26(2,32)14-34-12-10-16-4-6-18(30)22(28)24(16)34/h3-12H,13-14,31-32H2,1-2H3/b8-7+/t25-,26-/m0/s1. The molecule has 38 heavy (non-hydrogen) atoms. The molecule has 0 aliphatic heterocycles. The molecule has 4 rings (SSSR count). The fourth-order valence-electron chi connectivity index (χ4n) is 4.12. The first-order valence-electron chi connectivity index (χ1n) is 11.3. The fraction of sp³-hybridized carbons (Fsp3) is 0.231. The Labute approximate surface area is 226 Å². The van der Waals surface area contributed by atoms with E-state index in [4.69, 9.17) is 44.1 Å². The maximum absolute atomic E-state index is 13.9. The Morgan fingerprint density at radius 2 is 1.16 bits per heavy atom. The third-order valence-electron chi connectivity index (χ3n) is 5.63. The number of benzene rings is 2. The molecule has 0 saturated carbocycles. The van der Waals surface area contributed by atoms with Crippen molar-refractivity contribution >= 4 is 56.9 Å². The van der Waals surface area contributed by atoms with E-state index in [1.807, 2.05) is 0 Å². The fourth-order valence-corrected chi connectivity index (χ4v) is 4.68. The normalized spacial score (nSPS) is 15.1. The number of fused-ring (bicyclic) bond motifs is 2. The van der Waals surface area contributed by atoms with Crippen LogP contribution < -0.4 is 11.5 Å². The first-order valence-corrected chi connectivity index (χ1v) is 12.1. The van der Waals surface area contributed by atoms with Gasteiger partial charge in [0.05, 0.1) is 24.1 Å². The second-order valence-corrected chi connectivity index (χ2v) is 10.0. The molecule has 2 heterocycles. The van der Waals surface area contributed by atoms with Crippen LogP contribution in [0.15, 0.2) is 60.9 Å². The average molecular weight is 565 g/mol. The van der Waals surface area contributed by atoms with Crippen molar-refractivity contribution in [3.05, 3.63) is 82.6 Å². The number of hydrogen-bond acceptors (Lipinski definition) is 6. The van der Waals surface area contributed by atoms with Crippen molar-refractivity contribution in [2.45, 2.75) is 38.4 Å². The van der Waals surface area contributed by atoms with E-state index >= 15 is 0 Å². The number of carbonyl (C=O) groups is 2. The Morgan fingerprint density at radius 1 is 0.789 bits per heavy atom. The monoisotopic (exact) mass is 564 g/mol. The number of ether oxygens (including phenoxy) is 2. The molecule has 12 heteroatoms. The van der Waals surface area contributed by atoms with Crippen LogP contribution in [0.1, 0.15) is 13.8 Å². The zero-order valence-corrected chi connectivity index (χ0v) is 21.9. The molecule has 0 spiro atoms. The van der Waals surface area contributed by atoms with Crippen molar-refractivity contribution in [2.24, 2.45) is 11.5 Å². The summed E-state index contributed by atoms with van der Waals surface area (Å²) in [5.74, 6) is -3.03. The van der Waals surface area contributed by atoms with E-state index in [1.54, 1.807) is 45.8 Å². The Balaban J connectivity index is 1.37. The van der Waals surface area contributed by atoms with Crippen LogP contribution in [0.5, 0.6) is 0 Å². The van der Waals surface area contributed by atoms with Crippen LogP contribution >= 0.6 is 23.2 Å². The maximum Gasteiger partial charge on any atom is 0.332 e. The predicted octanol–water partition coefficient (Wildman–Crippen LogP) is 4.87. The van der Waals surface area contributed by atoms with Gasteiger partial charge in [-0.2, -0.15) is 0 Å². The number of halogens is 4. The Morgan fingerprint density at radius 3 is 1.53 bits per heavy atom. The average Bonchev–Trinajstić information content (AvgIpc) is 3.40. The van der Waals surface area contributed by atoms with Gasteiger partial charge >= 0.3 is 11.9 Å². The molecule has 200 valence electrons. The van der Waals surface area contributed by atoms with E-state index in [0.29, 0.717) is 21.8 Å². The summed E-state index contributed by atoms with van der Waals surface area (Å²) in [6.07, 6.45) is 4.97. The van der Waals surface area contributed by atoms with Gasteiger partial charge < -0.3 is 18.6 Å². The van der Waals surface area contributed by atoms with Gasteiger partial charge in [-0.25, -0.2) is 18.4 Å². The third kappa shape index (κ3) is 5.99. The molecule has 4 aromatic rings. The zero-order chi connectivity index (χ0) is 27.8. The second-order valence-electron chi connectivity index (χ2n) is 9.29. The van der Waals surface area contributed by atoms with Crippen LogP contribution in [-0.4, -0.2) is 32.5 Å². The lowest BCUT2D eigenvalue weighted by atomic mass is 10.2. The number of carbonyl (C=O) groups excluding carboxylic acids is 2. The van der Waals surface area contributed by atoms with E-state index in [1.165, 1.54) is 26.0 Å². The van der Waals surface area contributed by atoms with Crippen molar-refractivity contribution in [3.63, 3.8) is 0 Å². The predicted molar refractivity (Wildman–Crippen MR) is 140 cm³/mol. The summed E-state index contributed by atoms with van der Waals surface area (Å²) < 4.78 is 41.5. The molecule has 2 aromatic carbocycles. The molecular formula is C26H24Cl2F2N4O4. The van der Waals surface area contributed by atoms with Gasteiger partial charge in [0, 0.05) is 35.3 Å². The van der Waals surface area contributed by atoms with Crippen molar-refractivity contribution in [1.82, 2.24) is 9.13 Å². The van der Waals surface area contributed by atoms with Gasteiger partial charge in [0.25, 0.3) is 0 Å². The largest absolute Gasteiger partial charge is 0.439 e. The van der Waals surface area contributed by atoms with Gasteiger partial charge in [0.1, 0.15) is 21.7 Å². The zero-order valence-electron chi connectivity index (χ0n) is 20.4. The first-order chi connectivity index (χ1) is 17.8. The van der Waals surface area contributed by atoms with E-state index < -0.39 is 35.0 Å². The smallest absolute Gasteiger partial charge is 0.332 e. The quantitative estimate of drug-likeness (QED) is 0.179. The number of hydrogen-bond donors (Lipinski definition) is 2. The molecular weight excluding hydrogens is 541 g/mol. The SMILES string of the molecule is C[C@@](N)(Cn1ccc2ccc(F)c(Cl)c21)OC(=O)/C=C/C(=O)O[C@](C)(N)Cn1ccc2ccc(F)c(Cl)c21. The van der Waals surface area contributed by atoms with E-state index in [-0.39, 0.29) is 23.1 Å². The minimum Gasteiger partial charge on any atom is -0.439 e. The van der Waals surface area contributed by atoms with Gasteiger partial charge in [-0.15, -0.1) is 0 Å². The first kappa shape index (κ1) is 27.6. The van der Waals surface area contributed by atoms with Crippen LogP contribution in [0.3, 0.4) is 0 Å². The summed E-state index contributed by atoms with van der Waals surface area (Å²) in [5.41, 5.74) is 10.0. The topological polar surface area (TPSA) is 114 Å². The maximum atomic E-state index is 13.9. The van der Waals surface area contributed by atoms with E-state index in [9.17, 15) is 18.4 Å². The van der Waals surface area contributed by atoms with Crippen molar-refractivity contribution in [1.29, 1.82) is 0 Å². The van der Waals surface area contributed by atoms with Crippen LogP contribution in [0, 0.1) is 11.6 Å². The van der Waals surface area contributed by atoms with Gasteiger partial charge in [-0.1, -0.05) is 23.2 Å². The van der Waals surface area contributed by atoms with E-state index in [2.05, 4.69) is 0 Å². The van der Waals surface area contributed by atoms with Gasteiger partial charge in [0.15, 0.2) is 11.4 Å². The molecule has 0 radical (unpaired) electrons. The number of rotatable bonds is 8. The molecule has 0 fully saturated rings. The Kier molecular flexibility index (Phi) is 7.53. The second kappa shape index (κ2) is 10.4. The molecule has 2 aromatic heterocycles. The lowest BCUT2D eigenvalue weighted by molar-refractivity contribution is -0.155. The number of aromatic nitrogens is 2. The number of nitrogens with zero attached hydrogens (tertiary/aromatic N) is 2. The highest BCUT2D eigenvalue weighted by molar-refractivity contribution is 6.35. The van der Waals surface area contributed by atoms with Gasteiger partial charge in [0.2, 0.25) is 0 Å². The van der Waals surface area contributed by atoms with Crippen LogP contribution in [0.2, 0.25) is 10.0 Å². The number of nitrogens with two attached hydrogens (primary N) is 2. The van der Waals surface area contributed by atoms with E-state index in [0.717, 1.165) is 12.2 Å². The highest BCUT2D eigenvalue weighted by atomic mass is 35.5. The van der Waals surface area contributed by atoms with Crippen LogP contribution in [0.25, 0.3) is 21.8 Å². The summed E-state index contributed by atoms with van der Waals surface area (Å²) in [7, 11) is 0. The molecule has 0 aliphatic carbocycles. The summed E-state index contributed by atoms with van der Waals surface area (Å²) >= 11 is 12.2. The Bertz CT molecular complexity index is 1460. The summed E-state index contributed by atoms with van der Waals surface area (Å²) in [6.45, 7) is 2.81. The Hall–Kier alpha value is -3.44. The molecule has 0 bridgehead atoms. The lowest BCUT2D eigenvalue weighted by Crippen LogP contribution is -2.45. The van der Waals surface area contributed by atoms with Gasteiger partial charge in [-0.05, 0) is 50.2 Å². The minimum atomic E-state index is -1.53. The molecule has 0 unspecified atom stereocenters. The van der Waals surface area contributed by atoms with Crippen molar-refractivity contribution in [2.75, 3.05) is 0 Å². The summed E-state index contributed by atoms with van der Waals surface area (Å²) in [4.78, 5) is 24.7. The summed E-state index contributed by atoms with van der Waals surface area (Å²) in [5, 5.41) is 1.21. The molecule has 0 saturated heterocycles. The molecule has 8 nitrogen and oxygen atoms in total. The third-order valence-corrected chi connectivity index (χ3v) is 6.35. The van der Waals surface area contributed by atoms with Crippen molar-refractivity contribution < 1.29 is 27.8 Å². The van der Waals surface area contributed by atoms with Crippen LogP contribution in [0.4, 0.5) is 8.78 Å². The number of esters is 2. The van der Waals surface area contributed by atoms with Crippen LogP contribution in [-0.2, 0) is 32.2 Å². The van der Waals surface area contributed by atoms with Gasteiger partial charge in [-0.3, -0.25) is 11.5 Å². The highest BCUT2D eigenvalue weighted by Gasteiger charge is 2.27. The molecule has 2 atom stereocenters. The molecule has 0 amide bonds.